The molecule has 6 nitrogen and oxygen atoms in total. The number of hydrogen-bond donors (Lipinski definition) is 1. The molecule has 1 amide bonds. The lowest BCUT2D eigenvalue weighted by atomic mass is 10.1. The maximum absolute atomic E-state index is 12.7. The number of carbonyl (C=O) groups excluding carboxylic acids is 1. The topological polar surface area (TPSA) is 82.0 Å². The van der Waals surface area contributed by atoms with Gasteiger partial charge in [-0.2, -0.15) is 5.26 Å². The second-order valence-electron chi connectivity index (χ2n) is 6.05. The second kappa shape index (κ2) is 6.29. The summed E-state index contributed by atoms with van der Waals surface area (Å²) in [5.74, 6) is 0.424. The molecule has 0 bridgehead atoms. The van der Waals surface area contributed by atoms with E-state index in [4.69, 9.17) is 10.00 Å². The Balaban J connectivity index is 1.44. The van der Waals surface area contributed by atoms with Crippen LogP contribution in [-0.2, 0) is 0 Å². The van der Waals surface area contributed by atoms with Gasteiger partial charge in [0.2, 0.25) is 5.88 Å². The van der Waals surface area contributed by atoms with E-state index in [0.717, 1.165) is 17.3 Å². The van der Waals surface area contributed by atoms with Crippen LogP contribution in [0.25, 0.3) is 10.9 Å². The first kappa shape index (κ1) is 15.2. The van der Waals surface area contributed by atoms with Crippen LogP contribution in [0.1, 0.15) is 22.3 Å². The van der Waals surface area contributed by atoms with E-state index in [0.29, 0.717) is 30.1 Å². The van der Waals surface area contributed by atoms with Crippen LogP contribution in [0.2, 0.25) is 0 Å². The zero-order chi connectivity index (χ0) is 17.2. The molecule has 1 aliphatic rings. The fourth-order valence-corrected chi connectivity index (χ4v) is 3.09. The monoisotopic (exact) mass is 332 g/mol. The van der Waals surface area contributed by atoms with Crippen molar-refractivity contribution in [2.45, 2.75) is 12.5 Å². The summed E-state index contributed by atoms with van der Waals surface area (Å²) in [6, 6.07) is 13.0. The summed E-state index contributed by atoms with van der Waals surface area (Å²) >= 11 is 0. The second-order valence-corrected chi connectivity index (χ2v) is 6.05. The number of hydrogen-bond acceptors (Lipinski definition) is 4. The Bertz CT molecular complexity index is 973. The van der Waals surface area contributed by atoms with Crippen molar-refractivity contribution in [3.8, 4) is 11.9 Å². The smallest absolute Gasteiger partial charge is 0.254 e. The number of benzene rings is 1. The third-order valence-electron chi connectivity index (χ3n) is 4.39. The molecule has 4 rings (SSSR count). The van der Waals surface area contributed by atoms with Crippen molar-refractivity contribution < 1.29 is 9.53 Å². The number of ether oxygens (including phenoxy) is 1. The van der Waals surface area contributed by atoms with Gasteiger partial charge in [-0.15, -0.1) is 0 Å². The van der Waals surface area contributed by atoms with Crippen molar-refractivity contribution in [3.05, 3.63) is 59.9 Å². The first-order valence-corrected chi connectivity index (χ1v) is 8.12. The highest BCUT2D eigenvalue weighted by atomic mass is 16.5. The Morgan fingerprint density at radius 2 is 2.24 bits per heavy atom. The van der Waals surface area contributed by atoms with Crippen molar-refractivity contribution in [1.29, 1.82) is 5.26 Å². The van der Waals surface area contributed by atoms with Gasteiger partial charge in [0.15, 0.2) is 0 Å². The Morgan fingerprint density at radius 3 is 3.12 bits per heavy atom. The quantitative estimate of drug-likeness (QED) is 0.799. The van der Waals surface area contributed by atoms with Crippen molar-refractivity contribution in [1.82, 2.24) is 14.9 Å². The minimum Gasteiger partial charge on any atom is -0.472 e. The lowest BCUT2D eigenvalue weighted by Gasteiger charge is -2.17. The minimum absolute atomic E-state index is 0.00124. The fourth-order valence-electron chi connectivity index (χ4n) is 3.09. The minimum atomic E-state index is -0.111. The van der Waals surface area contributed by atoms with Crippen LogP contribution in [0.4, 0.5) is 0 Å². The number of carbonyl (C=O) groups is 1. The van der Waals surface area contributed by atoms with Gasteiger partial charge in [-0.1, -0.05) is 6.07 Å². The van der Waals surface area contributed by atoms with Crippen LogP contribution < -0.4 is 4.74 Å². The molecule has 25 heavy (non-hydrogen) atoms. The maximum atomic E-state index is 12.7. The number of H-pyrrole nitrogens is 1. The van der Waals surface area contributed by atoms with E-state index in [-0.39, 0.29) is 12.0 Å². The van der Waals surface area contributed by atoms with Crippen LogP contribution in [0.5, 0.6) is 5.88 Å². The molecule has 0 radical (unpaired) electrons. The van der Waals surface area contributed by atoms with E-state index in [1.54, 1.807) is 23.2 Å². The number of fused-ring (bicyclic) bond motifs is 1. The lowest BCUT2D eigenvalue weighted by Crippen LogP contribution is -2.31. The summed E-state index contributed by atoms with van der Waals surface area (Å²) in [6.07, 6.45) is 4.05. The average Bonchev–Trinajstić information content (AvgIpc) is 3.29. The Hall–Kier alpha value is -3.33. The molecule has 6 heteroatoms. The summed E-state index contributed by atoms with van der Waals surface area (Å²) in [7, 11) is 0. The first-order valence-electron chi connectivity index (χ1n) is 8.12. The molecule has 1 saturated heterocycles. The zero-order valence-corrected chi connectivity index (χ0v) is 13.5. The summed E-state index contributed by atoms with van der Waals surface area (Å²) in [4.78, 5) is 21.8. The van der Waals surface area contributed by atoms with Crippen LogP contribution in [-0.4, -0.2) is 40.0 Å². The van der Waals surface area contributed by atoms with Gasteiger partial charge in [-0.25, -0.2) is 4.98 Å². The molecule has 3 aromatic rings. The highest BCUT2D eigenvalue weighted by Gasteiger charge is 2.28. The van der Waals surface area contributed by atoms with Crippen LogP contribution in [0, 0.1) is 11.3 Å². The predicted octanol–water partition coefficient (Wildman–Crippen LogP) is 2.73. The molecule has 1 aliphatic heterocycles. The molecule has 1 fully saturated rings. The van der Waals surface area contributed by atoms with E-state index < -0.39 is 0 Å². The normalized spacial score (nSPS) is 16.8. The predicted molar refractivity (Wildman–Crippen MR) is 92.2 cm³/mol. The third kappa shape index (κ3) is 3.04. The van der Waals surface area contributed by atoms with Gasteiger partial charge in [-0.05, 0) is 29.7 Å². The Morgan fingerprint density at radius 1 is 1.32 bits per heavy atom. The summed E-state index contributed by atoms with van der Waals surface area (Å²) in [5.41, 5.74) is 2.13. The van der Waals surface area contributed by atoms with Crippen molar-refractivity contribution >= 4 is 16.8 Å². The molecule has 124 valence electrons. The largest absolute Gasteiger partial charge is 0.472 e. The molecule has 1 atom stereocenters. The number of aromatic nitrogens is 2. The molecule has 0 saturated carbocycles. The number of pyridine rings is 1. The van der Waals surface area contributed by atoms with E-state index >= 15 is 0 Å². The summed E-state index contributed by atoms with van der Waals surface area (Å²) in [6.45, 7) is 1.16. The Kier molecular flexibility index (Phi) is 3.82. The number of rotatable bonds is 3. The molecule has 2 aromatic heterocycles. The number of likely N-dealkylation sites (tertiary alicyclic amines) is 1. The van der Waals surface area contributed by atoms with E-state index in [9.17, 15) is 4.79 Å². The zero-order valence-electron chi connectivity index (χ0n) is 13.5. The highest BCUT2D eigenvalue weighted by Crippen LogP contribution is 2.21. The van der Waals surface area contributed by atoms with Crippen LogP contribution in [0.15, 0.2) is 48.8 Å². The summed E-state index contributed by atoms with van der Waals surface area (Å²) < 4.78 is 5.83. The molecule has 1 unspecified atom stereocenters. The number of nitrogens with one attached hydrogen (secondary N) is 1. The van der Waals surface area contributed by atoms with Crippen molar-refractivity contribution in [3.63, 3.8) is 0 Å². The van der Waals surface area contributed by atoms with Crippen LogP contribution >= 0.6 is 0 Å². The van der Waals surface area contributed by atoms with Gasteiger partial charge in [0, 0.05) is 42.5 Å². The van der Waals surface area contributed by atoms with Gasteiger partial charge in [0.1, 0.15) is 6.10 Å². The molecular weight excluding hydrogens is 316 g/mol. The average molecular weight is 332 g/mol. The maximum Gasteiger partial charge on any atom is 0.254 e. The summed E-state index contributed by atoms with van der Waals surface area (Å²) in [5, 5.41) is 10.0. The fraction of sp³-hybridized carbons (Fsp3) is 0.211. The highest BCUT2D eigenvalue weighted by molar-refractivity contribution is 5.98. The Labute approximate surface area is 144 Å². The lowest BCUT2D eigenvalue weighted by molar-refractivity contribution is 0.0771. The first-order chi connectivity index (χ1) is 12.2. The number of amides is 1. The molecular formula is C19H16N4O2. The van der Waals surface area contributed by atoms with Crippen molar-refractivity contribution in [2.75, 3.05) is 13.1 Å². The van der Waals surface area contributed by atoms with E-state index in [1.165, 1.54) is 0 Å². The standard InChI is InChI=1S/C19H16N4O2/c20-11-13-3-6-22-18(9-13)25-16-5-8-23(12-16)19(24)15-2-1-14-4-7-21-17(14)10-15/h1-4,6-7,9-10,16,21H,5,8,12H2. The molecule has 1 N–H and O–H groups in total. The van der Waals surface area contributed by atoms with E-state index in [1.807, 2.05) is 30.5 Å². The molecule has 0 aliphatic carbocycles. The van der Waals surface area contributed by atoms with Crippen molar-refractivity contribution in [2.24, 2.45) is 0 Å². The molecule has 0 spiro atoms. The van der Waals surface area contributed by atoms with Gasteiger partial charge in [0.05, 0.1) is 18.2 Å². The van der Waals surface area contributed by atoms with Crippen LogP contribution in [0.3, 0.4) is 0 Å². The van der Waals surface area contributed by atoms with Gasteiger partial charge >= 0.3 is 0 Å². The number of nitrogens with zero attached hydrogens (tertiary/aromatic N) is 3. The molecule has 3 heterocycles. The van der Waals surface area contributed by atoms with Gasteiger partial charge in [0.25, 0.3) is 5.91 Å². The number of aromatic amines is 1. The van der Waals surface area contributed by atoms with Gasteiger partial charge < -0.3 is 14.6 Å². The SMILES string of the molecule is N#Cc1ccnc(OC2CCN(C(=O)c3ccc4cc[nH]c4c3)C2)c1. The molecule has 1 aromatic carbocycles. The van der Waals surface area contributed by atoms with E-state index in [2.05, 4.69) is 16.0 Å². The third-order valence-corrected chi connectivity index (χ3v) is 4.39. The van der Waals surface area contributed by atoms with Gasteiger partial charge in [-0.3, -0.25) is 4.79 Å². The number of nitriles is 1.